The highest BCUT2D eigenvalue weighted by Crippen LogP contribution is 2.39. The first-order valence-corrected chi connectivity index (χ1v) is 8.30. The van der Waals surface area contributed by atoms with E-state index in [1.807, 2.05) is 0 Å². The predicted octanol–water partition coefficient (Wildman–Crippen LogP) is 2.26. The molecular formula is C15H21BrClN5O2. The highest BCUT2D eigenvalue weighted by molar-refractivity contribution is 9.10. The van der Waals surface area contributed by atoms with Gasteiger partial charge >= 0.3 is 0 Å². The van der Waals surface area contributed by atoms with Crippen LogP contribution in [0, 0.1) is 0 Å². The highest BCUT2D eigenvalue weighted by atomic mass is 79.9. The second-order valence-electron chi connectivity index (χ2n) is 5.74. The number of aromatic nitrogens is 2. The maximum atomic E-state index is 12.1. The highest BCUT2D eigenvalue weighted by Gasteiger charge is 2.25. The Morgan fingerprint density at radius 2 is 2.38 bits per heavy atom. The van der Waals surface area contributed by atoms with Crippen LogP contribution in [-0.4, -0.2) is 48.2 Å². The van der Waals surface area contributed by atoms with Gasteiger partial charge in [0.1, 0.15) is 11.8 Å². The molecule has 0 radical (unpaired) electrons. The predicted molar refractivity (Wildman–Crippen MR) is 101 cm³/mol. The van der Waals surface area contributed by atoms with E-state index in [4.69, 9.17) is 10.5 Å². The van der Waals surface area contributed by atoms with Crippen molar-refractivity contribution in [2.75, 3.05) is 30.4 Å². The van der Waals surface area contributed by atoms with E-state index in [1.54, 1.807) is 19.3 Å². The molecule has 1 aliphatic rings. The van der Waals surface area contributed by atoms with E-state index in [1.165, 1.54) is 7.11 Å². The third-order valence-electron chi connectivity index (χ3n) is 4.15. The summed E-state index contributed by atoms with van der Waals surface area (Å²) in [6.45, 7) is 3.37. The minimum atomic E-state index is -0.524. The summed E-state index contributed by atoms with van der Waals surface area (Å²) in [5, 5.41) is 3.78. The van der Waals surface area contributed by atoms with Gasteiger partial charge < -0.3 is 25.7 Å². The van der Waals surface area contributed by atoms with Crippen molar-refractivity contribution in [3.8, 4) is 0 Å². The molecule has 2 aromatic heterocycles. The topological polar surface area (TPSA) is 96.3 Å². The summed E-state index contributed by atoms with van der Waals surface area (Å²) in [6.07, 6.45) is 3.94. The van der Waals surface area contributed by atoms with Gasteiger partial charge in [-0.25, -0.2) is 4.98 Å². The van der Waals surface area contributed by atoms with Crippen molar-refractivity contribution >= 4 is 56.7 Å². The Bertz CT molecular complexity index is 738. The molecule has 1 amide bonds. The number of anilines is 2. The molecular weight excluding hydrogens is 398 g/mol. The molecule has 24 heavy (non-hydrogen) atoms. The standard InChI is InChI=1S/C15H20BrN5O2.ClH/c1-8(23-2)15(22)20-11-6-19-14-12(11)13(10(16)5-18-14)21-4-3-9(17)7-21;/h5-6,8-9H,3-4,7,17H2,1-2H3,(H,18,19)(H,20,22);1H/t8-,9-;/m1./s1. The van der Waals surface area contributed by atoms with Crippen LogP contribution in [-0.2, 0) is 9.53 Å². The van der Waals surface area contributed by atoms with Crippen LogP contribution in [0.15, 0.2) is 16.9 Å². The molecule has 0 saturated carbocycles. The zero-order chi connectivity index (χ0) is 16.6. The van der Waals surface area contributed by atoms with E-state index in [2.05, 4.69) is 36.1 Å². The van der Waals surface area contributed by atoms with Crippen molar-refractivity contribution in [1.29, 1.82) is 0 Å². The van der Waals surface area contributed by atoms with Crippen LogP contribution in [0.4, 0.5) is 11.4 Å². The summed E-state index contributed by atoms with van der Waals surface area (Å²) in [4.78, 5) is 21.9. The van der Waals surface area contributed by atoms with Crippen molar-refractivity contribution in [1.82, 2.24) is 9.97 Å². The van der Waals surface area contributed by atoms with Crippen LogP contribution >= 0.6 is 28.3 Å². The van der Waals surface area contributed by atoms with Crippen LogP contribution in [0.2, 0.25) is 0 Å². The Balaban J connectivity index is 0.00000208. The summed E-state index contributed by atoms with van der Waals surface area (Å²) in [7, 11) is 1.51. The molecule has 0 aliphatic carbocycles. The molecule has 2 atom stereocenters. The van der Waals surface area contributed by atoms with Gasteiger partial charge in [-0.1, -0.05) is 0 Å². The number of carbonyl (C=O) groups is 1. The third-order valence-corrected chi connectivity index (χ3v) is 4.73. The Hall–Kier alpha value is -1.35. The van der Waals surface area contributed by atoms with Crippen LogP contribution in [0.5, 0.6) is 0 Å². The number of carbonyl (C=O) groups excluding carboxylic acids is 1. The number of amides is 1. The van der Waals surface area contributed by atoms with E-state index in [9.17, 15) is 4.79 Å². The first kappa shape index (κ1) is 19.0. The van der Waals surface area contributed by atoms with Crippen LogP contribution in [0.3, 0.4) is 0 Å². The number of nitrogens with one attached hydrogen (secondary N) is 2. The lowest BCUT2D eigenvalue weighted by Gasteiger charge is -2.21. The minimum Gasteiger partial charge on any atom is -0.372 e. The number of hydrogen-bond donors (Lipinski definition) is 3. The molecule has 132 valence electrons. The van der Waals surface area contributed by atoms with Crippen molar-refractivity contribution in [3.05, 3.63) is 16.9 Å². The lowest BCUT2D eigenvalue weighted by molar-refractivity contribution is -0.124. The maximum Gasteiger partial charge on any atom is 0.253 e. The Morgan fingerprint density at radius 3 is 3.00 bits per heavy atom. The van der Waals surface area contributed by atoms with Crippen molar-refractivity contribution < 1.29 is 9.53 Å². The van der Waals surface area contributed by atoms with Crippen LogP contribution < -0.4 is 16.0 Å². The number of fused-ring (bicyclic) bond motifs is 1. The monoisotopic (exact) mass is 417 g/mol. The molecule has 1 fully saturated rings. The van der Waals surface area contributed by atoms with E-state index < -0.39 is 6.10 Å². The lowest BCUT2D eigenvalue weighted by atomic mass is 10.2. The molecule has 2 aromatic rings. The van der Waals surface area contributed by atoms with Gasteiger partial charge in [-0.2, -0.15) is 0 Å². The molecule has 7 nitrogen and oxygen atoms in total. The first-order valence-electron chi connectivity index (χ1n) is 7.51. The average molecular weight is 419 g/mol. The largest absolute Gasteiger partial charge is 0.372 e. The van der Waals surface area contributed by atoms with Gasteiger partial charge in [0, 0.05) is 38.6 Å². The molecule has 3 rings (SSSR count). The summed E-state index contributed by atoms with van der Waals surface area (Å²) >= 11 is 3.58. The van der Waals surface area contributed by atoms with E-state index >= 15 is 0 Å². The van der Waals surface area contributed by atoms with Crippen LogP contribution in [0.1, 0.15) is 13.3 Å². The quantitative estimate of drug-likeness (QED) is 0.708. The number of H-pyrrole nitrogens is 1. The number of methoxy groups -OCH3 is 1. The summed E-state index contributed by atoms with van der Waals surface area (Å²) in [5.74, 6) is -0.197. The number of ether oxygens (including phenoxy) is 1. The number of rotatable bonds is 4. The smallest absolute Gasteiger partial charge is 0.253 e. The number of pyridine rings is 1. The number of aromatic amines is 1. The summed E-state index contributed by atoms with van der Waals surface area (Å²) < 4.78 is 5.95. The minimum absolute atomic E-state index is 0. The fourth-order valence-corrected chi connectivity index (χ4v) is 3.35. The zero-order valence-electron chi connectivity index (χ0n) is 13.5. The molecule has 1 aliphatic heterocycles. The van der Waals surface area contributed by atoms with Gasteiger partial charge in [0.25, 0.3) is 5.91 Å². The Kier molecular flexibility index (Phi) is 6.08. The molecule has 0 spiro atoms. The van der Waals surface area contributed by atoms with Crippen molar-refractivity contribution in [2.24, 2.45) is 5.73 Å². The average Bonchev–Trinajstić information content (AvgIpc) is 3.13. The zero-order valence-corrected chi connectivity index (χ0v) is 15.9. The molecule has 4 N–H and O–H groups in total. The number of halogens is 2. The maximum absolute atomic E-state index is 12.1. The molecule has 3 heterocycles. The lowest BCUT2D eigenvalue weighted by Crippen LogP contribution is -2.28. The van der Waals surface area contributed by atoms with Gasteiger partial charge in [0.15, 0.2) is 0 Å². The Labute approximate surface area is 154 Å². The van der Waals surface area contributed by atoms with Gasteiger partial charge in [0.2, 0.25) is 0 Å². The number of hydrogen-bond acceptors (Lipinski definition) is 5. The van der Waals surface area contributed by atoms with Crippen LogP contribution in [0.25, 0.3) is 11.0 Å². The Morgan fingerprint density at radius 1 is 1.62 bits per heavy atom. The van der Waals surface area contributed by atoms with Crippen molar-refractivity contribution in [2.45, 2.75) is 25.5 Å². The molecule has 1 saturated heterocycles. The molecule has 0 unspecified atom stereocenters. The molecule has 0 bridgehead atoms. The third kappa shape index (κ3) is 3.51. The second kappa shape index (κ2) is 7.69. The normalized spacial score (nSPS) is 18.5. The number of nitrogens with two attached hydrogens (primary N) is 1. The second-order valence-corrected chi connectivity index (χ2v) is 6.60. The summed E-state index contributed by atoms with van der Waals surface area (Å²) in [5.41, 5.74) is 8.46. The van der Waals surface area contributed by atoms with E-state index in [0.29, 0.717) is 5.69 Å². The van der Waals surface area contributed by atoms with Crippen molar-refractivity contribution in [3.63, 3.8) is 0 Å². The van der Waals surface area contributed by atoms with Gasteiger partial charge in [-0.3, -0.25) is 4.79 Å². The van der Waals surface area contributed by atoms with Gasteiger partial charge in [-0.15, -0.1) is 12.4 Å². The molecule has 0 aromatic carbocycles. The fraction of sp³-hybridized carbons (Fsp3) is 0.467. The fourth-order valence-electron chi connectivity index (χ4n) is 2.80. The SMILES string of the molecule is CO[C@H](C)C(=O)Nc1c[nH]c2ncc(Br)c(N3CC[C@@H](N)C3)c12.Cl. The van der Waals surface area contributed by atoms with Gasteiger partial charge in [0.05, 0.1) is 21.2 Å². The van der Waals surface area contributed by atoms with E-state index in [0.717, 1.165) is 40.7 Å². The summed E-state index contributed by atoms with van der Waals surface area (Å²) in [6, 6.07) is 0.163. The number of nitrogens with zero attached hydrogens (tertiary/aromatic N) is 2. The molecule has 9 heteroatoms. The first-order chi connectivity index (χ1) is 11.0. The van der Waals surface area contributed by atoms with Gasteiger partial charge in [-0.05, 0) is 29.3 Å². The van der Waals surface area contributed by atoms with E-state index in [-0.39, 0.29) is 24.4 Å².